The topological polar surface area (TPSA) is 102 Å². The number of dihydropyridines is 1. The van der Waals surface area contributed by atoms with Crippen molar-refractivity contribution in [3.8, 4) is 11.5 Å². The molecule has 2 aliphatic carbocycles. The molecule has 2 N–H and O–H groups in total. The number of methoxy groups -OCH3 is 1. The fourth-order valence-corrected chi connectivity index (χ4v) is 5.07. The van der Waals surface area contributed by atoms with Gasteiger partial charge in [-0.25, -0.2) is 4.79 Å². The van der Waals surface area contributed by atoms with Crippen LogP contribution in [0, 0.1) is 0 Å². The zero-order valence-electron chi connectivity index (χ0n) is 16.5. The zero-order valence-corrected chi connectivity index (χ0v) is 18.1. The van der Waals surface area contributed by atoms with E-state index in [9.17, 15) is 14.4 Å². The molecule has 3 aliphatic rings. The van der Waals surface area contributed by atoms with Crippen LogP contribution in [0.15, 0.2) is 39.1 Å². The number of halogens is 1. The maximum Gasteiger partial charge on any atom is 0.341 e. The maximum atomic E-state index is 12.9. The number of allylic oxidation sites excluding steroid dienone is 4. The summed E-state index contributed by atoms with van der Waals surface area (Å²) in [5.41, 5.74) is 3.87. The summed E-state index contributed by atoms with van der Waals surface area (Å²) in [6.45, 7) is -0.511. The Labute approximate surface area is 182 Å². The van der Waals surface area contributed by atoms with Gasteiger partial charge in [0.1, 0.15) is 0 Å². The summed E-state index contributed by atoms with van der Waals surface area (Å²) in [6, 6.07) is 3.52. The fraction of sp³-hybridized carbons (Fsp3) is 0.409. The largest absolute Gasteiger partial charge is 0.493 e. The van der Waals surface area contributed by atoms with Gasteiger partial charge in [0.25, 0.3) is 0 Å². The molecule has 1 heterocycles. The van der Waals surface area contributed by atoms with Crippen LogP contribution in [0.4, 0.5) is 0 Å². The van der Waals surface area contributed by atoms with Crippen molar-refractivity contribution in [2.24, 2.45) is 0 Å². The summed E-state index contributed by atoms with van der Waals surface area (Å²) in [5, 5.41) is 12.3. The highest BCUT2D eigenvalue weighted by atomic mass is 79.9. The Balaban J connectivity index is 1.86. The van der Waals surface area contributed by atoms with Gasteiger partial charge in [0.15, 0.2) is 29.7 Å². The number of aliphatic carboxylic acids is 1. The van der Waals surface area contributed by atoms with Crippen molar-refractivity contribution >= 4 is 33.5 Å². The molecule has 7 nitrogen and oxygen atoms in total. The standard InChI is InChI=1S/C22H22BrNO6/c1-29-17-9-11(8-12(23)22(17)30-10-18(27)28)19-20-13(4-2-6-15(20)25)24-14-5-3-7-16(26)21(14)19/h8-9,19,24H,2-7,10H2,1H3,(H,27,28). The minimum absolute atomic E-state index is 0.0555. The van der Waals surface area contributed by atoms with Crippen LogP contribution in [0.25, 0.3) is 0 Å². The minimum atomic E-state index is -1.10. The second-order valence-corrected chi connectivity index (χ2v) is 8.47. The van der Waals surface area contributed by atoms with Crippen molar-refractivity contribution in [1.82, 2.24) is 5.32 Å². The number of Topliss-reactive ketones (excluding diaryl/α,β-unsaturated/α-hetero) is 2. The van der Waals surface area contributed by atoms with Gasteiger partial charge in [-0.3, -0.25) is 9.59 Å². The third kappa shape index (κ3) is 3.64. The van der Waals surface area contributed by atoms with Crippen molar-refractivity contribution < 1.29 is 29.0 Å². The van der Waals surface area contributed by atoms with Crippen molar-refractivity contribution in [2.45, 2.75) is 44.4 Å². The molecule has 1 aromatic rings. The van der Waals surface area contributed by atoms with Crippen LogP contribution in [0.2, 0.25) is 0 Å². The molecular weight excluding hydrogens is 454 g/mol. The smallest absolute Gasteiger partial charge is 0.341 e. The summed E-state index contributed by atoms with van der Waals surface area (Å²) in [5.74, 6) is -0.840. The Morgan fingerprint density at radius 3 is 2.23 bits per heavy atom. The molecule has 0 saturated carbocycles. The first-order valence-corrected chi connectivity index (χ1v) is 10.7. The van der Waals surface area contributed by atoms with Crippen LogP contribution < -0.4 is 14.8 Å². The molecule has 158 valence electrons. The Kier molecular flexibility index (Phi) is 5.69. The first-order valence-electron chi connectivity index (χ1n) is 9.92. The maximum absolute atomic E-state index is 12.9. The Morgan fingerprint density at radius 1 is 1.10 bits per heavy atom. The Morgan fingerprint density at radius 2 is 1.70 bits per heavy atom. The second kappa shape index (κ2) is 8.26. The van der Waals surface area contributed by atoms with E-state index in [0.717, 1.165) is 42.6 Å². The summed E-state index contributed by atoms with van der Waals surface area (Å²) in [6.07, 6.45) is 4.07. The second-order valence-electron chi connectivity index (χ2n) is 7.61. The average molecular weight is 476 g/mol. The number of ketones is 2. The van der Waals surface area contributed by atoms with Gasteiger partial charge < -0.3 is 19.9 Å². The number of carbonyl (C=O) groups is 3. The molecule has 0 saturated heterocycles. The number of carboxylic acids is 1. The summed E-state index contributed by atoms with van der Waals surface area (Å²) in [4.78, 5) is 36.7. The van der Waals surface area contributed by atoms with Crippen LogP contribution in [0.3, 0.4) is 0 Å². The first kappa shape index (κ1) is 20.7. The van der Waals surface area contributed by atoms with E-state index in [-0.39, 0.29) is 17.3 Å². The molecule has 0 unspecified atom stereocenters. The van der Waals surface area contributed by atoms with E-state index in [4.69, 9.17) is 14.6 Å². The number of hydrogen-bond acceptors (Lipinski definition) is 6. The lowest BCUT2D eigenvalue weighted by molar-refractivity contribution is -0.139. The molecule has 0 atom stereocenters. The predicted molar refractivity (Wildman–Crippen MR) is 111 cm³/mol. The monoisotopic (exact) mass is 475 g/mol. The molecule has 1 aromatic carbocycles. The van der Waals surface area contributed by atoms with Gasteiger partial charge in [0, 0.05) is 41.3 Å². The molecule has 0 radical (unpaired) electrons. The van der Waals surface area contributed by atoms with E-state index >= 15 is 0 Å². The molecular formula is C22H22BrNO6. The van der Waals surface area contributed by atoms with Gasteiger partial charge in [-0.15, -0.1) is 0 Å². The number of carboxylic acid groups (broad SMARTS) is 1. The van der Waals surface area contributed by atoms with E-state index in [2.05, 4.69) is 21.2 Å². The fourth-order valence-electron chi connectivity index (χ4n) is 4.50. The highest BCUT2D eigenvalue weighted by Gasteiger charge is 2.40. The van der Waals surface area contributed by atoms with Gasteiger partial charge >= 0.3 is 5.97 Å². The SMILES string of the molecule is COc1cc(C2C3=C(CCCC3=O)NC3=C2C(=O)CCC3)cc(Br)c1OCC(=O)O. The van der Waals surface area contributed by atoms with Crippen molar-refractivity contribution in [2.75, 3.05) is 13.7 Å². The normalized spacial score (nSPS) is 19.3. The van der Waals surface area contributed by atoms with Gasteiger partial charge in [-0.2, -0.15) is 0 Å². The van der Waals surface area contributed by atoms with Crippen LogP contribution in [0.5, 0.6) is 11.5 Å². The van der Waals surface area contributed by atoms with Crippen LogP contribution >= 0.6 is 15.9 Å². The highest BCUT2D eigenvalue weighted by molar-refractivity contribution is 9.10. The number of benzene rings is 1. The van der Waals surface area contributed by atoms with E-state index in [1.54, 1.807) is 12.1 Å². The first-order chi connectivity index (χ1) is 14.4. The highest BCUT2D eigenvalue weighted by Crippen LogP contribution is 2.48. The van der Waals surface area contributed by atoms with E-state index in [1.807, 2.05) is 0 Å². The zero-order chi connectivity index (χ0) is 21.4. The Hall–Kier alpha value is -2.61. The van der Waals surface area contributed by atoms with Crippen molar-refractivity contribution in [1.29, 1.82) is 0 Å². The lowest BCUT2D eigenvalue weighted by Crippen LogP contribution is -2.36. The predicted octanol–water partition coefficient (Wildman–Crippen LogP) is 3.62. The molecule has 30 heavy (non-hydrogen) atoms. The van der Waals surface area contributed by atoms with E-state index < -0.39 is 18.5 Å². The lowest BCUT2D eigenvalue weighted by Gasteiger charge is -2.37. The van der Waals surface area contributed by atoms with Crippen LogP contribution in [0.1, 0.15) is 50.0 Å². The van der Waals surface area contributed by atoms with Gasteiger partial charge in [0.05, 0.1) is 11.6 Å². The Bertz CT molecular complexity index is 967. The molecule has 0 aromatic heterocycles. The molecule has 0 bridgehead atoms. The summed E-state index contributed by atoms with van der Waals surface area (Å²) < 4.78 is 11.3. The quantitative estimate of drug-likeness (QED) is 0.670. The van der Waals surface area contributed by atoms with Gasteiger partial charge in [-0.05, 0) is 59.3 Å². The molecule has 0 amide bonds. The molecule has 4 rings (SSSR count). The molecule has 8 heteroatoms. The van der Waals surface area contributed by atoms with Crippen LogP contribution in [-0.2, 0) is 14.4 Å². The minimum Gasteiger partial charge on any atom is -0.493 e. The number of hydrogen-bond donors (Lipinski definition) is 2. The number of rotatable bonds is 5. The van der Waals surface area contributed by atoms with Gasteiger partial charge in [-0.1, -0.05) is 0 Å². The lowest BCUT2D eigenvalue weighted by atomic mass is 9.71. The molecule has 1 aliphatic heterocycles. The molecule has 0 spiro atoms. The third-order valence-electron chi connectivity index (χ3n) is 5.72. The number of carbonyl (C=O) groups excluding carboxylic acids is 2. The number of nitrogens with one attached hydrogen (secondary N) is 1. The third-order valence-corrected chi connectivity index (χ3v) is 6.31. The van der Waals surface area contributed by atoms with Crippen molar-refractivity contribution in [3.05, 3.63) is 44.7 Å². The average Bonchev–Trinajstić information content (AvgIpc) is 2.71. The number of ether oxygens (including phenoxy) is 2. The van der Waals surface area contributed by atoms with Gasteiger partial charge in [0.2, 0.25) is 0 Å². The van der Waals surface area contributed by atoms with E-state index in [0.29, 0.717) is 34.2 Å². The van der Waals surface area contributed by atoms with Crippen LogP contribution in [-0.4, -0.2) is 36.4 Å². The van der Waals surface area contributed by atoms with Crippen molar-refractivity contribution in [3.63, 3.8) is 0 Å². The van der Waals surface area contributed by atoms with E-state index in [1.165, 1.54) is 7.11 Å². The summed E-state index contributed by atoms with van der Waals surface area (Å²) >= 11 is 3.45. The summed E-state index contributed by atoms with van der Waals surface area (Å²) in [7, 11) is 1.47. The molecule has 0 fully saturated rings.